The quantitative estimate of drug-likeness (QED) is 0.716. The SMILES string of the molecule is COC1(C(=O)C2=COCCC2)CCCC1. The minimum Gasteiger partial charge on any atom is -0.501 e. The van der Waals surface area contributed by atoms with Crippen LogP contribution in [0.2, 0.25) is 0 Å². The molecule has 2 aliphatic rings. The summed E-state index contributed by atoms with van der Waals surface area (Å²) in [6, 6.07) is 0. The Morgan fingerprint density at radius 2 is 2.13 bits per heavy atom. The van der Waals surface area contributed by atoms with Gasteiger partial charge in [-0.2, -0.15) is 0 Å². The lowest BCUT2D eigenvalue weighted by Crippen LogP contribution is -2.39. The van der Waals surface area contributed by atoms with Crippen LogP contribution in [0.1, 0.15) is 38.5 Å². The van der Waals surface area contributed by atoms with Crippen LogP contribution in [-0.4, -0.2) is 25.1 Å². The van der Waals surface area contributed by atoms with E-state index < -0.39 is 5.60 Å². The zero-order chi connectivity index (χ0) is 10.7. The van der Waals surface area contributed by atoms with E-state index >= 15 is 0 Å². The van der Waals surface area contributed by atoms with Crippen LogP contribution in [0.4, 0.5) is 0 Å². The van der Waals surface area contributed by atoms with E-state index in [0.717, 1.165) is 50.7 Å². The third-order valence-electron chi connectivity index (χ3n) is 3.44. The lowest BCUT2D eigenvalue weighted by Gasteiger charge is -2.27. The van der Waals surface area contributed by atoms with Gasteiger partial charge < -0.3 is 9.47 Å². The highest BCUT2D eigenvalue weighted by Gasteiger charge is 2.42. The summed E-state index contributed by atoms with van der Waals surface area (Å²) in [4.78, 5) is 12.3. The Hall–Kier alpha value is -0.830. The van der Waals surface area contributed by atoms with Crippen LogP contribution in [0.3, 0.4) is 0 Å². The molecule has 15 heavy (non-hydrogen) atoms. The average molecular weight is 210 g/mol. The number of hydrogen-bond acceptors (Lipinski definition) is 3. The summed E-state index contributed by atoms with van der Waals surface area (Å²) in [5, 5.41) is 0. The molecule has 3 nitrogen and oxygen atoms in total. The van der Waals surface area contributed by atoms with Crippen molar-refractivity contribution in [3.05, 3.63) is 11.8 Å². The molecule has 0 spiro atoms. The molecule has 0 unspecified atom stereocenters. The van der Waals surface area contributed by atoms with Gasteiger partial charge in [-0.05, 0) is 38.5 Å². The Morgan fingerprint density at radius 1 is 1.40 bits per heavy atom. The number of ether oxygens (including phenoxy) is 2. The standard InChI is InChI=1S/C12H18O3/c1-14-12(6-2-3-7-12)11(13)10-5-4-8-15-9-10/h9H,2-8H2,1H3. The molecule has 1 heterocycles. The van der Waals surface area contributed by atoms with Crippen LogP contribution in [0, 0.1) is 0 Å². The molecule has 0 atom stereocenters. The number of carbonyl (C=O) groups excluding carboxylic acids is 1. The molecular formula is C12H18O3. The molecule has 0 aromatic heterocycles. The fourth-order valence-corrected chi connectivity index (χ4v) is 2.49. The van der Waals surface area contributed by atoms with Crippen LogP contribution < -0.4 is 0 Å². The van der Waals surface area contributed by atoms with Crippen molar-refractivity contribution in [1.29, 1.82) is 0 Å². The molecule has 1 fully saturated rings. The molecule has 0 amide bonds. The van der Waals surface area contributed by atoms with E-state index in [2.05, 4.69) is 0 Å². The Morgan fingerprint density at radius 3 is 2.67 bits per heavy atom. The fourth-order valence-electron chi connectivity index (χ4n) is 2.49. The predicted molar refractivity (Wildman–Crippen MR) is 56.5 cm³/mol. The number of Topliss-reactive ketones (excluding diaryl/α,β-unsaturated/α-hetero) is 1. The van der Waals surface area contributed by atoms with E-state index in [9.17, 15) is 4.79 Å². The van der Waals surface area contributed by atoms with E-state index in [1.165, 1.54) is 0 Å². The Balaban J connectivity index is 2.14. The minimum atomic E-state index is -0.535. The third-order valence-corrected chi connectivity index (χ3v) is 3.44. The van der Waals surface area contributed by atoms with Crippen molar-refractivity contribution in [2.75, 3.05) is 13.7 Å². The van der Waals surface area contributed by atoms with Gasteiger partial charge >= 0.3 is 0 Å². The first-order chi connectivity index (χ1) is 7.28. The molecule has 1 aliphatic carbocycles. The van der Waals surface area contributed by atoms with Gasteiger partial charge in [-0.3, -0.25) is 4.79 Å². The number of rotatable bonds is 3. The van der Waals surface area contributed by atoms with Crippen molar-refractivity contribution in [2.45, 2.75) is 44.1 Å². The smallest absolute Gasteiger partial charge is 0.193 e. The van der Waals surface area contributed by atoms with Crippen molar-refractivity contribution in [2.24, 2.45) is 0 Å². The van der Waals surface area contributed by atoms with Crippen molar-refractivity contribution in [3.63, 3.8) is 0 Å². The molecule has 2 rings (SSSR count). The first kappa shape index (κ1) is 10.7. The van der Waals surface area contributed by atoms with Crippen molar-refractivity contribution in [3.8, 4) is 0 Å². The number of methoxy groups -OCH3 is 1. The number of hydrogen-bond donors (Lipinski definition) is 0. The fraction of sp³-hybridized carbons (Fsp3) is 0.750. The van der Waals surface area contributed by atoms with E-state index in [-0.39, 0.29) is 5.78 Å². The molecule has 84 valence electrons. The monoisotopic (exact) mass is 210 g/mol. The zero-order valence-corrected chi connectivity index (χ0v) is 9.25. The zero-order valence-electron chi connectivity index (χ0n) is 9.25. The Kier molecular flexibility index (Phi) is 3.10. The van der Waals surface area contributed by atoms with Crippen molar-refractivity contribution < 1.29 is 14.3 Å². The van der Waals surface area contributed by atoms with Gasteiger partial charge in [0.1, 0.15) is 5.60 Å². The van der Waals surface area contributed by atoms with Crippen LogP contribution in [0.5, 0.6) is 0 Å². The third kappa shape index (κ3) is 1.93. The van der Waals surface area contributed by atoms with E-state index in [4.69, 9.17) is 9.47 Å². The topological polar surface area (TPSA) is 35.5 Å². The first-order valence-corrected chi connectivity index (χ1v) is 5.69. The van der Waals surface area contributed by atoms with Gasteiger partial charge in [0.15, 0.2) is 5.78 Å². The highest BCUT2D eigenvalue weighted by atomic mass is 16.5. The second kappa shape index (κ2) is 4.35. The maximum Gasteiger partial charge on any atom is 0.193 e. The van der Waals surface area contributed by atoms with Crippen LogP contribution >= 0.6 is 0 Å². The number of ketones is 1. The molecule has 0 bridgehead atoms. The Bertz CT molecular complexity index is 275. The number of carbonyl (C=O) groups is 1. The lowest BCUT2D eigenvalue weighted by molar-refractivity contribution is -0.136. The van der Waals surface area contributed by atoms with Gasteiger partial charge in [0, 0.05) is 12.7 Å². The van der Waals surface area contributed by atoms with Gasteiger partial charge in [0.2, 0.25) is 0 Å². The highest BCUT2D eigenvalue weighted by Crippen LogP contribution is 2.36. The molecule has 0 radical (unpaired) electrons. The summed E-state index contributed by atoms with van der Waals surface area (Å²) in [6.07, 6.45) is 7.31. The van der Waals surface area contributed by atoms with Crippen molar-refractivity contribution in [1.82, 2.24) is 0 Å². The molecule has 0 aromatic rings. The normalized spacial score (nSPS) is 24.5. The molecule has 1 saturated carbocycles. The largest absolute Gasteiger partial charge is 0.501 e. The van der Waals surface area contributed by atoms with Crippen LogP contribution in [0.25, 0.3) is 0 Å². The van der Waals surface area contributed by atoms with E-state index in [0.29, 0.717) is 0 Å². The summed E-state index contributed by atoms with van der Waals surface area (Å²) < 4.78 is 10.7. The van der Waals surface area contributed by atoms with Gasteiger partial charge in [-0.25, -0.2) is 0 Å². The van der Waals surface area contributed by atoms with Gasteiger partial charge in [0.05, 0.1) is 12.9 Å². The maximum atomic E-state index is 12.3. The van der Waals surface area contributed by atoms with Gasteiger partial charge in [-0.1, -0.05) is 0 Å². The minimum absolute atomic E-state index is 0.155. The van der Waals surface area contributed by atoms with E-state index in [1.807, 2.05) is 0 Å². The molecule has 0 aromatic carbocycles. The summed E-state index contributed by atoms with van der Waals surface area (Å²) in [5.41, 5.74) is 0.275. The molecule has 3 heteroatoms. The second-order valence-corrected chi connectivity index (χ2v) is 4.35. The average Bonchev–Trinajstić information content (AvgIpc) is 2.79. The molecular weight excluding hydrogens is 192 g/mol. The summed E-state index contributed by atoms with van der Waals surface area (Å²) in [6.45, 7) is 0.733. The second-order valence-electron chi connectivity index (χ2n) is 4.35. The van der Waals surface area contributed by atoms with E-state index in [1.54, 1.807) is 13.4 Å². The van der Waals surface area contributed by atoms with Gasteiger partial charge in [-0.15, -0.1) is 0 Å². The predicted octanol–water partition coefficient (Wildman–Crippen LogP) is 2.21. The molecule has 0 N–H and O–H groups in total. The Labute approximate surface area is 90.4 Å². The first-order valence-electron chi connectivity index (χ1n) is 5.69. The lowest BCUT2D eigenvalue weighted by atomic mass is 9.89. The van der Waals surface area contributed by atoms with Crippen LogP contribution in [0.15, 0.2) is 11.8 Å². The molecule has 0 saturated heterocycles. The summed E-state index contributed by atoms with van der Waals surface area (Å²) >= 11 is 0. The maximum absolute atomic E-state index is 12.3. The summed E-state index contributed by atoms with van der Waals surface area (Å²) in [7, 11) is 1.65. The van der Waals surface area contributed by atoms with Gasteiger partial charge in [0.25, 0.3) is 0 Å². The van der Waals surface area contributed by atoms with Crippen LogP contribution in [-0.2, 0) is 14.3 Å². The van der Waals surface area contributed by atoms with Crippen molar-refractivity contribution >= 4 is 5.78 Å². The summed E-state index contributed by atoms with van der Waals surface area (Å²) in [5.74, 6) is 0.155. The highest BCUT2D eigenvalue weighted by molar-refractivity contribution is 6.02. The molecule has 1 aliphatic heterocycles.